The zero-order valence-corrected chi connectivity index (χ0v) is 18.4. The second kappa shape index (κ2) is 9.91. The van der Waals surface area contributed by atoms with Crippen LogP contribution in [0.5, 0.6) is 0 Å². The van der Waals surface area contributed by atoms with E-state index in [0.29, 0.717) is 18.8 Å². The zero-order chi connectivity index (χ0) is 21.6. The number of rotatable bonds is 7. The molecule has 30 heavy (non-hydrogen) atoms. The van der Waals surface area contributed by atoms with Gasteiger partial charge in [-0.05, 0) is 30.2 Å². The second-order valence-electron chi connectivity index (χ2n) is 7.70. The fourth-order valence-electron chi connectivity index (χ4n) is 3.65. The molecule has 1 amide bonds. The minimum absolute atomic E-state index is 0.150. The molecule has 3 rings (SSSR count). The number of piperazine rings is 1. The van der Waals surface area contributed by atoms with Gasteiger partial charge in [0.15, 0.2) is 0 Å². The van der Waals surface area contributed by atoms with E-state index in [1.165, 1.54) is 14.8 Å². The molecule has 1 aliphatic heterocycles. The Morgan fingerprint density at radius 2 is 1.70 bits per heavy atom. The fourth-order valence-corrected chi connectivity index (χ4v) is 4.56. The number of hydrogen-bond acceptors (Lipinski definition) is 3. The molecule has 6 nitrogen and oxygen atoms in total. The van der Waals surface area contributed by atoms with Crippen LogP contribution in [-0.4, -0.2) is 64.7 Å². The normalized spacial score (nSPS) is 15.5. The molecular formula is C23H30N3O3S+. The maximum Gasteiger partial charge on any atom is 0.243 e. The number of aryl methyl sites for hydroxylation is 1. The van der Waals surface area contributed by atoms with Crippen LogP contribution in [0.1, 0.15) is 11.1 Å². The van der Waals surface area contributed by atoms with Crippen LogP contribution >= 0.6 is 0 Å². The van der Waals surface area contributed by atoms with Crippen molar-refractivity contribution in [1.82, 2.24) is 4.90 Å². The van der Waals surface area contributed by atoms with E-state index in [0.717, 1.165) is 31.5 Å². The van der Waals surface area contributed by atoms with Gasteiger partial charge in [0.25, 0.3) is 0 Å². The van der Waals surface area contributed by atoms with Gasteiger partial charge in [-0.2, -0.15) is 0 Å². The number of para-hydroxylation sites is 1. The third-order valence-electron chi connectivity index (χ3n) is 5.40. The quantitative estimate of drug-likeness (QED) is 0.721. The zero-order valence-electron chi connectivity index (χ0n) is 17.6. The molecule has 1 saturated heterocycles. The Kier molecular flexibility index (Phi) is 7.29. The Hall–Kier alpha value is -2.64. The maximum atomic E-state index is 12.8. The van der Waals surface area contributed by atoms with E-state index in [1.807, 2.05) is 37.3 Å². The third-order valence-corrected chi connectivity index (χ3v) is 6.53. The summed E-state index contributed by atoms with van der Waals surface area (Å²) in [7, 11) is -3.55. The summed E-state index contributed by atoms with van der Waals surface area (Å²) in [5.41, 5.74) is 2.57. The first-order chi connectivity index (χ1) is 14.3. The van der Waals surface area contributed by atoms with Crippen LogP contribution in [-0.2, 0) is 14.8 Å². The van der Waals surface area contributed by atoms with Crippen LogP contribution in [0, 0.1) is 6.92 Å². The summed E-state index contributed by atoms with van der Waals surface area (Å²) in [6.07, 6.45) is 5.44. The predicted octanol–water partition coefficient (Wildman–Crippen LogP) is 1.20. The summed E-state index contributed by atoms with van der Waals surface area (Å²) < 4.78 is 25.9. The molecule has 0 radical (unpaired) electrons. The van der Waals surface area contributed by atoms with Crippen molar-refractivity contribution in [3.8, 4) is 0 Å². The van der Waals surface area contributed by atoms with Crippen LogP contribution in [0.25, 0.3) is 6.08 Å². The highest BCUT2D eigenvalue weighted by Crippen LogP contribution is 2.22. The number of sulfonamides is 1. The van der Waals surface area contributed by atoms with Crippen LogP contribution in [0.3, 0.4) is 0 Å². The average Bonchev–Trinajstić information content (AvgIpc) is 2.73. The van der Waals surface area contributed by atoms with Gasteiger partial charge < -0.3 is 9.80 Å². The largest absolute Gasteiger partial charge is 0.330 e. The Bertz CT molecular complexity index is 982. The number of carbonyl (C=O) groups excluding carboxylic acids is 1. The number of hydrogen-bond donors (Lipinski definition) is 1. The molecule has 7 heteroatoms. The van der Waals surface area contributed by atoms with Crippen LogP contribution in [0.4, 0.5) is 5.69 Å². The molecule has 0 unspecified atom stereocenters. The highest BCUT2D eigenvalue weighted by Gasteiger charge is 2.28. The van der Waals surface area contributed by atoms with E-state index in [9.17, 15) is 13.2 Å². The van der Waals surface area contributed by atoms with Crippen LogP contribution in [0.2, 0.25) is 0 Å². The van der Waals surface area contributed by atoms with Gasteiger partial charge in [0, 0.05) is 0 Å². The van der Waals surface area contributed by atoms with Crippen molar-refractivity contribution >= 4 is 27.7 Å². The highest BCUT2D eigenvalue weighted by molar-refractivity contribution is 7.92. The molecule has 0 atom stereocenters. The van der Waals surface area contributed by atoms with Gasteiger partial charge in [-0.25, -0.2) is 8.42 Å². The maximum absolute atomic E-state index is 12.8. The Labute approximate surface area is 179 Å². The summed E-state index contributed by atoms with van der Waals surface area (Å²) in [5, 5.41) is 0. The van der Waals surface area contributed by atoms with Gasteiger partial charge in [-0.15, -0.1) is 0 Å². The summed E-state index contributed by atoms with van der Waals surface area (Å²) in [4.78, 5) is 16.0. The molecule has 2 aromatic carbocycles. The van der Waals surface area contributed by atoms with Gasteiger partial charge in [0.05, 0.1) is 44.7 Å². The highest BCUT2D eigenvalue weighted by atomic mass is 32.2. The van der Waals surface area contributed by atoms with Gasteiger partial charge in [-0.1, -0.05) is 54.6 Å². The molecule has 0 saturated carbocycles. The van der Waals surface area contributed by atoms with Gasteiger partial charge >= 0.3 is 0 Å². The SMILES string of the molecule is Cc1ccccc1N(CC(=O)N1CC[NH+](C/C=C/c2ccccc2)CC1)S(C)(=O)=O. The summed E-state index contributed by atoms with van der Waals surface area (Å²) in [6, 6.07) is 17.4. The first-order valence-electron chi connectivity index (χ1n) is 10.2. The lowest BCUT2D eigenvalue weighted by atomic mass is 10.2. The predicted molar refractivity (Wildman–Crippen MR) is 121 cm³/mol. The van der Waals surface area contributed by atoms with Crippen molar-refractivity contribution in [2.45, 2.75) is 6.92 Å². The van der Waals surface area contributed by atoms with Gasteiger partial charge in [0.2, 0.25) is 15.9 Å². The van der Waals surface area contributed by atoms with E-state index >= 15 is 0 Å². The summed E-state index contributed by atoms with van der Waals surface area (Å²) in [5.74, 6) is -0.150. The lowest BCUT2D eigenvalue weighted by Crippen LogP contribution is -3.14. The number of benzene rings is 2. The number of anilines is 1. The minimum Gasteiger partial charge on any atom is -0.330 e. The summed E-state index contributed by atoms with van der Waals surface area (Å²) in [6.45, 7) is 5.59. The van der Waals surface area contributed by atoms with Crippen molar-refractivity contribution in [2.75, 3.05) is 49.8 Å². The number of carbonyl (C=O) groups is 1. The van der Waals surface area contributed by atoms with Gasteiger partial charge in [0.1, 0.15) is 6.54 Å². The lowest BCUT2D eigenvalue weighted by molar-refractivity contribution is -0.898. The third kappa shape index (κ3) is 5.93. The Morgan fingerprint density at radius 3 is 2.33 bits per heavy atom. The summed E-state index contributed by atoms with van der Waals surface area (Å²) >= 11 is 0. The monoisotopic (exact) mass is 428 g/mol. The molecule has 0 spiro atoms. The Morgan fingerprint density at radius 1 is 1.07 bits per heavy atom. The number of nitrogens with zero attached hydrogens (tertiary/aromatic N) is 2. The average molecular weight is 429 g/mol. The van der Waals surface area contributed by atoms with Crippen molar-refractivity contribution < 1.29 is 18.1 Å². The number of quaternary nitrogens is 1. The first-order valence-corrected chi connectivity index (χ1v) is 12.1. The molecule has 1 N–H and O–H groups in total. The fraction of sp³-hybridized carbons (Fsp3) is 0.348. The molecule has 1 heterocycles. The molecule has 0 aromatic heterocycles. The topological polar surface area (TPSA) is 62.1 Å². The van der Waals surface area contributed by atoms with E-state index in [-0.39, 0.29) is 12.5 Å². The first kappa shape index (κ1) is 22.1. The minimum atomic E-state index is -3.55. The van der Waals surface area contributed by atoms with E-state index in [1.54, 1.807) is 17.0 Å². The number of nitrogens with one attached hydrogen (secondary N) is 1. The van der Waals surface area contributed by atoms with Crippen LogP contribution in [0.15, 0.2) is 60.7 Å². The molecular weight excluding hydrogens is 398 g/mol. The molecule has 1 aliphatic rings. The standard InChI is InChI=1S/C23H29N3O3S/c1-20-9-6-7-13-22(20)26(30(2,28)29)19-23(27)25-17-15-24(16-18-25)14-8-12-21-10-4-3-5-11-21/h3-13H,14-19H2,1-2H3/p+1/b12-8+. The van der Waals surface area contributed by atoms with Gasteiger partial charge in [-0.3, -0.25) is 9.10 Å². The lowest BCUT2D eigenvalue weighted by Gasteiger charge is -2.33. The van der Waals surface area contributed by atoms with Crippen molar-refractivity contribution in [3.63, 3.8) is 0 Å². The van der Waals surface area contributed by atoms with Crippen molar-refractivity contribution in [1.29, 1.82) is 0 Å². The molecule has 2 aromatic rings. The smallest absolute Gasteiger partial charge is 0.243 e. The van der Waals surface area contributed by atoms with Crippen molar-refractivity contribution in [2.24, 2.45) is 0 Å². The molecule has 0 bridgehead atoms. The van der Waals surface area contributed by atoms with E-state index in [4.69, 9.17) is 0 Å². The molecule has 160 valence electrons. The van der Waals surface area contributed by atoms with Crippen molar-refractivity contribution in [3.05, 3.63) is 71.8 Å². The van der Waals surface area contributed by atoms with Crippen LogP contribution < -0.4 is 9.21 Å². The molecule has 1 fully saturated rings. The molecule has 0 aliphatic carbocycles. The second-order valence-corrected chi connectivity index (χ2v) is 9.61. The Balaban J connectivity index is 1.55. The number of amides is 1. The van der Waals surface area contributed by atoms with E-state index < -0.39 is 10.0 Å². The van der Waals surface area contributed by atoms with E-state index in [2.05, 4.69) is 24.3 Å².